The van der Waals surface area contributed by atoms with E-state index in [0.29, 0.717) is 0 Å². The molecule has 0 amide bonds. The first kappa shape index (κ1) is 27.1. The molecule has 0 aliphatic heterocycles. The normalized spacial score (nSPS) is 11.4. The van der Waals surface area contributed by atoms with Gasteiger partial charge in [-0.3, -0.25) is 4.18 Å². The number of anilines is 1. The Morgan fingerprint density at radius 3 is 2.09 bits per heavy atom. The van der Waals surface area contributed by atoms with Crippen LogP contribution in [0.25, 0.3) is 10.9 Å². The second kappa shape index (κ2) is 13.5. The smallest absolute Gasteiger partial charge is 0.296 e. The maximum Gasteiger partial charge on any atom is 0.296 e. The largest absolute Gasteiger partial charge is 1.00 e. The molecule has 0 unspecified atom stereocenters. The molecule has 0 saturated heterocycles. The maximum atomic E-state index is 12.1. The number of hydrogen-bond donors (Lipinski definition) is 1. The first-order valence-corrected chi connectivity index (χ1v) is 13.0. The topological polar surface area (TPSA) is 73.3 Å². The fourth-order valence-electron chi connectivity index (χ4n) is 4.08. The molecule has 3 rings (SSSR count). The number of aryl methyl sites for hydroxylation is 2. The lowest BCUT2D eigenvalue weighted by atomic mass is 10.1. The van der Waals surface area contributed by atoms with Gasteiger partial charge < -0.3 is 18.1 Å². The highest BCUT2D eigenvalue weighted by Crippen LogP contribution is 2.19. The summed E-state index contributed by atoms with van der Waals surface area (Å²) in [5.41, 5.74) is 9.44. The van der Waals surface area contributed by atoms with Crippen molar-refractivity contribution < 1.29 is 29.6 Å². The summed E-state index contributed by atoms with van der Waals surface area (Å²) in [5.74, 6) is 0. The van der Waals surface area contributed by atoms with Crippen molar-refractivity contribution in [3.63, 3.8) is 0 Å². The van der Waals surface area contributed by atoms with Gasteiger partial charge in [0, 0.05) is 25.5 Å². The molecule has 7 heteroatoms. The Hall–Kier alpha value is -2.15. The molecule has 0 atom stereocenters. The average molecular weight is 491 g/mol. The standard InChI is InChI=1S/C26H34N2O3S.ClH/c1-22-21-25(27)24-17-11-12-18-26(24)28(22)19-13-6-4-2-3-5-7-14-20-31-32(29,30)23-15-9-8-10-16-23;/h8-12,15-18,21,27H,2-7,13-14,19-20H2,1H3;1H. The molecule has 5 nitrogen and oxygen atoms in total. The number of halogens is 1. The molecule has 0 spiro atoms. The van der Waals surface area contributed by atoms with Crippen LogP contribution in [0.4, 0.5) is 5.69 Å². The lowest BCUT2D eigenvalue weighted by Gasteiger charge is -2.07. The second-order valence-corrected chi connectivity index (χ2v) is 9.94. The van der Waals surface area contributed by atoms with Crippen LogP contribution in [-0.4, -0.2) is 15.0 Å². The molecule has 0 bridgehead atoms. The van der Waals surface area contributed by atoms with Gasteiger partial charge in [-0.25, -0.2) is 0 Å². The van der Waals surface area contributed by atoms with Crippen molar-refractivity contribution in [2.75, 3.05) is 12.3 Å². The number of fused-ring (bicyclic) bond motifs is 1. The Morgan fingerprint density at radius 1 is 0.818 bits per heavy atom. The van der Waals surface area contributed by atoms with Gasteiger partial charge in [0.05, 0.1) is 22.6 Å². The molecule has 2 N–H and O–H groups in total. The maximum absolute atomic E-state index is 12.1. The van der Waals surface area contributed by atoms with Crippen molar-refractivity contribution in [3.8, 4) is 0 Å². The fraction of sp³-hybridized carbons (Fsp3) is 0.423. The van der Waals surface area contributed by atoms with Crippen molar-refractivity contribution in [2.24, 2.45) is 0 Å². The van der Waals surface area contributed by atoms with Crippen LogP contribution in [0.15, 0.2) is 65.6 Å². The summed E-state index contributed by atoms with van der Waals surface area (Å²) in [5, 5.41) is 1.12. The number of benzene rings is 2. The van der Waals surface area contributed by atoms with Gasteiger partial charge in [0.2, 0.25) is 5.52 Å². The highest BCUT2D eigenvalue weighted by atomic mass is 35.5. The highest BCUT2D eigenvalue weighted by molar-refractivity contribution is 7.86. The molecule has 0 radical (unpaired) electrons. The number of unbranched alkanes of at least 4 members (excludes halogenated alkanes) is 7. The van der Waals surface area contributed by atoms with E-state index >= 15 is 0 Å². The number of hydrogen-bond acceptors (Lipinski definition) is 4. The number of nitrogens with two attached hydrogens (primary N) is 1. The Balaban J connectivity index is 0.00000385. The van der Waals surface area contributed by atoms with E-state index in [1.807, 2.05) is 6.07 Å². The molecule has 180 valence electrons. The Morgan fingerprint density at radius 2 is 1.39 bits per heavy atom. The molecule has 0 fully saturated rings. The summed E-state index contributed by atoms with van der Waals surface area (Å²) in [4.78, 5) is 0.223. The van der Waals surface area contributed by atoms with Crippen LogP contribution in [-0.2, 0) is 20.8 Å². The van der Waals surface area contributed by atoms with E-state index in [1.54, 1.807) is 30.3 Å². The summed E-state index contributed by atoms with van der Waals surface area (Å²) in [6.45, 7) is 3.39. The van der Waals surface area contributed by atoms with Crippen LogP contribution in [0.3, 0.4) is 0 Å². The van der Waals surface area contributed by atoms with Gasteiger partial charge in [0.25, 0.3) is 10.1 Å². The summed E-state index contributed by atoms with van der Waals surface area (Å²) in [6, 6.07) is 18.7. The van der Waals surface area contributed by atoms with Crippen LogP contribution >= 0.6 is 0 Å². The van der Waals surface area contributed by atoms with Crippen LogP contribution < -0.4 is 22.7 Å². The fourth-order valence-corrected chi connectivity index (χ4v) is 5.04. The van der Waals surface area contributed by atoms with Crippen molar-refractivity contribution in [2.45, 2.75) is 69.7 Å². The lowest BCUT2D eigenvalue weighted by Crippen LogP contribution is -3.00. The van der Waals surface area contributed by atoms with E-state index in [0.717, 1.165) is 43.3 Å². The molecule has 2 aromatic carbocycles. The third-order valence-electron chi connectivity index (χ3n) is 5.84. The molecule has 33 heavy (non-hydrogen) atoms. The zero-order valence-corrected chi connectivity index (χ0v) is 21.0. The number of pyridine rings is 1. The minimum atomic E-state index is -3.62. The van der Waals surface area contributed by atoms with E-state index < -0.39 is 10.1 Å². The summed E-state index contributed by atoms with van der Waals surface area (Å²) in [6.07, 6.45) is 8.88. The first-order valence-electron chi connectivity index (χ1n) is 11.6. The Labute approximate surface area is 204 Å². The Bertz CT molecular complexity index is 1110. The van der Waals surface area contributed by atoms with Crippen LogP contribution in [0.2, 0.25) is 0 Å². The predicted molar refractivity (Wildman–Crippen MR) is 130 cm³/mol. The molecule has 0 saturated carbocycles. The van der Waals surface area contributed by atoms with E-state index in [9.17, 15) is 8.42 Å². The monoisotopic (exact) mass is 490 g/mol. The van der Waals surface area contributed by atoms with Crippen LogP contribution in [0.5, 0.6) is 0 Å². The van der Waals surface area contributed by atoms with E-state index in [-0.39, 0.29) is 23.9 Å². The Kier molecular flexibility index (Phi) is 11.1. The number of nitrogens with zero attached hydrogens (tertiary/aromatic N) is 1. The summed E-state index contributed by atoms with van der Waals surface area (Å²) >= 11 is 0. The molecule has 0 aliphatic rings. The van der Waals surface area contributed by atoms with Gasteiger partial charge in [-0.2, -0.15) is 13.0 Å². The second-order valence-electron chi connectivity index (χ2n) is 8.33. The van der Waals surface area contributed by atoms with Crippen LogP contribution in [0, 0.1) is 6.92 Å². The van der Waals surface area contributed by atoms with Gasteiger partial charge in [0.15, 0.2) is 5.69 Å². The lowest BCUT2D eigenvalue weighted by molar-refractivity contribution is -0.677. The van der Waals surface area contributed by atoms with Gasteiger partial charge in [-0.1, -0.05) is 62.4 Å². The van der Waals surface area contributed by atoms with E-state index in [1.165, 1.54) is 36.9 Å². The van der Waals surface area contributed by atoms with Crippen molar-refractivity contribution >= 4 is 26.7 Å². The molecule has 1 heterocycles. The first-order chi connectivity index (χ1) is 15.5. The van der Waals surface area contributed by atoms with Gasteiger partial charge in [-0.05, 0) is 31.0 Å². The van der Waals surface area contributed by atoms with Crippen LogP contribution in [0.1, 0.15) is 57.1 Å². The number of aromatic nitrogens is 1. The zero-order chi connectivity index (χ0) is 22.8. The van der Waals surface area contributed by atoms with Gasteiger partial charge >= 0.3 is 0 Å². The number of para-hydroxylation sites is 1. The minimum absolute atomic E-state index is 0. The quantitative estimate of drug-likeness (QED) is 0.227. The van der Waals surface area contributed by atoms with Gasteiger partial charge in [-0.15, -0.1) is 0 Å². The third kappa shape index (κ3) is 7.98. The number of nitrogen functional groups attached to an aromatic ring is 1. The molecule has 1 aromatic heterocycles. The molecule has 0 aliphatic carbocycles. The summed E-state index contributed by atoms with van der Waals surface area (Å²) in [7, 11) is -3.62. The SMILES string of the molecule is Cc1cc(N)c2ccccc2[n+]1CCCCCCCCCCOS(=O)(=O)c1ccccc1.[Cl-]. The zero-order valence-electron chi connectivity index (χ0n) is 19.4. The molecule has 3 aromatic rings. The third-order valence-corrected chi connectivity index (χ3v) is 7.17. The molecular formula is C26H35ClN2O3S. The van der Waals surface area contributed by atoms with E-state index in [2.05, 4.69) is 35.8 Å². The molecular weight excluding hydrogens is 456 g/mol. The highest BCUT2D eigenvalue weighted by Gasteiger charge is 2.15. The van der Waals surface area contributed by atoms with Crippen molar-refractivity contribution in [1.29, 1.82) is 0 Å². The van der Waals surface area contributed by atoms with Crippen molar-refractivity contribution in [1.82, 2.24) is 0 Å². The number of rotatable bonds is 13. The minimum Gasteiger partial charge on any atom is -1.00 e. The predicted octanol–water partition coefficient (Wildman–Crippen LogP) is 2.55. The summed E-state index contributed by atoms with van der Waals surface area (Å²) < 4.78 is 31.6. The van der Waals surface area contributed by atoms with E-state index in [4.69, 9.17) is 9.92 Å². The average Bonchev–Trinajstić information content (AvgIpc) is 2.80. The van der Waals surface area contributed by atoms with Gasteiger partial charge in [0.1, 0.15) is 6.54 Å². The van der Waals surface area contributed by atoms with Crippen molar-refractivity contribution in [3.05, 3.63) is 66.4 Å².